The molecule has 0 aromatic heterocycles. The highest BCUT2D eigenvalue weighted by molar-refractivity contribution is 5.94. The summed E-state index contributed by atoms with van der Waals surface area (Å²) in [6, 6.07) is 0.330. The van der Waals surface area contributed by atoms with E-state index >= 15 is 0 Å². The Balaban J connectivity index is 1.78. The van der Waals surface area contributed by atoms with Crippen LogP contribution in [0.4, 0.5) is 0 Å². The van der Waals surface area contributed by atoms with Crippen molar-refractivity contribution >= 4 is 11.8 Å². The fourth-order valence-corrected chi connectivity index (χ4v) is 4.01. The van der Waals surface area contributed by atoms with Gasteiger partial charge in [0.25, 0.3) is 0 Å². The van der Waals surface area contributed by atoms with E-state index in [0.29, 0.717) is 30.3 Å². The van der Waals surface area contributed by atoms with Crippen molar-refractivity contribution in [3.63, 3.8) is 0 Å². The van der Waals surface area contributed by atoms with Gasteiger partial charge in [0.1, 0.15) is 5.54 Å². The average molecular weight is 292 g/mol. The van der Waals surface area contributed by atoms with Gasteiger partial charge in [-0.25, -0.2) is 0 Å². The second-order valence-electron chi connectivity index (χ2n) is 8.17. The SMILES string of the molecule is CC1(C)CCC(N2CCC(=O)NC(C)(C3CC3)C2=O)CC1. The van der Waals surface area contributed by atoms with Gasteiger partial charge in [-0.05, 0) is 56.8 Å². The summed E-state index contributed by atoms with van der Waals surface area (Å²) in [6.07, 6.45) is 7.07. The fraction of sp³-hybridized carbons (Fsp3) is 0.882. The minimum absolute atomic E-state index is 0.0383. The van der Waals surface area contributed by atoms with Crippen molar-refractivity contribution in [2.45, 2.75) is 77.3 Å². The maximum Gasteiger partial charge on any atom is 0.248 e. The molecule has 0 spiro atoms. The highest BCUT2D eigenvalue weighted by atomic mass is 16.2. The molecule has 2 saturated carbocycles. The van der Waals surface area contributed by atoms with E-state index in [9.17, 15) is 9.59 Å². The highest BCUT2D eigenvalue weighted by Gasteiger charge is 2.52. The van der Waals surface area contributed by atoms with Gasteiger partial charge in [0, 0.05) is 19.0 Å². The smallest absolute Gasteiger partial charge is 0.248 e. The van der Waals surface area contributed by atoms with Crippen LogP contribution in [0.1, 0.15) is 65.7 Å². The van der Waals surface area contributed by atoms with Gasteiger partial charge < -0.3 is 10.2 Å². The van der Waals surface area contributed by atoms with Crippen LogP contribution < -0.4 is 5.32 Å². The van der Waals surface area contributed by atoms with Crippen LogP contribution in [0.15, 0.2) is 0 Å². The monoisotopic (exact) mass is 292 g/mol. The molecule has 1 atom stereocenters. The molecule has 4 heteroatoms. The maximum absolute atomic E-state index is 13.1. The number of nitrogens with one attached hydrogen (secondary N) is 1. The van der Waals surface area contributed by atoms with E-state index in [-0.39, 0.29) is 11.8 Å². The zero-order valence-corrected chi connectivity index (χ0v) is 13.6. The van der Waals surface area contributed by atoms with E-state index in [4.69, 9.17) is 0 Å². The molecular weight excluding hydrogens is 264 g/mol. The van der Waals surface area contributed by atoms with Gasteiger partial charge in [0.05, 0.1) is 0 Å². The van der Waals surface area contributed by atoms with Crippen LogP contribution in [0, 0.1) is 11.3 Å². The van der Waals surface area contributed by atoms with Crippen LogP contribution in [0.25, 0.3) is 0 Å². The lowest BCUT2D eigenvalue weighted by Crippen LogP contribution is -2.58. The van der Waals surface area contributed by atoms with E-state index in [2.05, 4.69) is 19.2 Å². The van der Waals surface area contributed by atoms with E-state index in [0.717, 1.165) is 25.7 Å². The first-order valence-corrected chi connectivity index (χ1v) is 8.44. The third-order valence-corrected chi connectivity index (χ3v) is 5.83. The van der Waals surface area contributed by atoms with Crippen molar-refractivity contribution in [1.82, 2.24) is 10.2 Å². The number of carbonyl (C=O) groups is 2. The summed E-state index contributed by atoms with van der Waals surface area (Å²) >= 11 is 0. The number of nitrogens with zero attached hydrogens (tertiary/aromatic N) is 1. The first-order chi connectivity index (χ1) is 9.82. The molecule has 1 aliphatic heterocycles. The molecule has 3 fully saturated rings. The maximum atomic E-state index is 13.1. The number of rotatable bonds is 2. The molecule has 2 amide bonds. The van der Waals surface area contributed by atoms with Crippen LogP contribution in [-0.2, 0) is 9.59 Å². The van der Waals surface area contributed by atoms with Crippen molar-refractivity contribution in [3.05, 3.63) is 0 Å². The van der Waals surface area contributed by atoms with E-state index in [1.54, 1.807) is 0 Å². The lowest BCUT2D eigenvalue weighted by Gasteiger charge is -2.42. The Morgan fingerprint density at radius 3 is 2.24 bits per heavy atom. The van der Waals surface area contributed by atoms with Crippen LogP contribution in [0.3, 0.4) is 0 Å². The Kier molecular flexibility index (Phi) is 3.53. The van der Waals surface area contributed by atoms with Gasteiger partial charge in [-0.15, -0.1) is 0 Å². The minimum atomic E-state index is -0.652. The zero-order chi connectivity index (χ0) is 15.3. The Hall–Kier alpha value is -1.06. The van der Waals surface area contributed by atoms with E-state index in [1.807, 2.05) is 11.8 Å². The summed E-state index contributed by atoms with van der Waals surface area (Å²) in [5.41, 5.74) is -0.250. The molecule has 21 heavy (non-hydrogen) atoms. The van der Waals surface area contributed by atoms with E-state index in [1.165, 1.54) is 12.8 Å². The van der Waals surface area contributed by atoms with Gasteiger partial charge in [-0.3, -0.25) is 9.59 Å². The second-order valence-corrected chi connectivity index (χ2v) is 8.17. The molecule has 1 saturated heterocycles. The molecule has 0 aromatic carbocycles. The van der Waals surface area contributed by atoms with Crippen LogP contribution in [0.2, 0.25) is 0 Å². The third kappa shape index (κ3) is 2.82. The summed E-state index contributed by atoms with van der Waals surface area (Å²) in [5.74, 6) is 0.548. The molecule has 3 rings (SSSR count). The van der Waals surface area contributed by atoms with Crippen LogP contribution in [0.5, 0.6) is 0 Å². The molecule has 2 aliphatic carbocycles. The number of hydrogen-bond acceptors (Lipinski definition) is 2. The van der Waals surface area contributed by atoms with Gasteiger partial charge in [-0.1, -0.05) is 13.8 Å². The number of hydrogen-bond donors (Lipinski definition) is 1. The quantitative estimate of drug-likeness (QED) is 0.850. The molecular formula is C17H28N2O2. The van der Waals surface area contributed by atoms with Gasteiger partial charge in [-0.2, -0.15) is 0 Å². The first-order valence-electron chi connectivity index (χ1n) is 8.44. The second kappa shape index (κ2) is 4.99. The van der Waals surface area contributed by atoms with E-state index < -0.39 is 5.54 Å². The lowest BCUT2D eigenvalue weighted by molar-refractivity contribution is -0.142. The molecule has 0 radical (unpaired) electrons. The Bertz CT molecular complexity index is 446. The summed E-state index contributed by atoms with van der Waals surface area (Å²) in [5, 5.41) is 3.02. The third-order valence-electron chi connectivity index (χ3n) is 5.83. The average Bonchev–Trinajstić information content (AvgIpc) is 3.24. The molecule has 1 N–H and O–H groups in total. The largest absolute Gasteiger partial charge is 0.342 e. The first kappa shape index (κ1) is 14.9. The van der Waals surface area contributed by atoms with Crippen LogP contribution >= 0.6 is 0 Å². The van der Waals surface area contributed by atoms with Crippen molar-refractivity contribution in [2.75, 3.05) is 6.54 Å². The molecule has 3 aliphatic rings. The minimum Gasteiger partial charge on any atom is -0.342 e. The van der Waals surface area contributed by atoms with Crippen molar-refractivity contribution < 1.29 is 9.59 Å². The summed E-state index contributed by atoms with van der Waals surface area (Å²) in [6.45, 7) is 7.16. The zero-order valence-electron chi connectivity index (χ0n) is 13.6. The number of amides is 2. The molecule has 4 nitrogen and oxygen atoms in total. The summed E-state index contributed by atoms with van der Waals surface area (Å²) in [7, 11) is 0. The molecule has 118 valence electrons. The highest BCUT2D eigenvalue weighted by Crippen LogP contribution is 2.43. The predicted octanol–water partition coefficient (Wildman–Crippen LogP) is 2.47. The molecule has 0 bridgehead atoms. The normalized spacial score (nSPS) is 34.5. The Morgan fingerprint density at radius 2 is 1.67 bits per heavy atom. The van der Waals surface area contributed by atoms with Gasteiger partial charge in [0.15, 0.2) is 0 Å². The van der Waals surface area contributed by atoms with Gasteiger partial charge in [0.2, 0.25) is 11.8 Å². The summed E-state index contributed by atoms with van der Waals surface area (Å²) in [4.78, 5) is 27.1. The van der Waals surface area contributed by atoms with Crippen LogP contribution in [-0.4, -0.2) is 34.8 Å². The Morgan fingerprint density at radius 1 is 1.05 bits per heavy atom. The molecule has 1 unspecified atom stereocenters. The van der Waals surface area contributed by atoms with Crippen molar-refractivity contribution in [3.8, 4) is 0 Å². The van der Waals surface area contributed by atoms with Crippen molar-refractivity contribution in [1.29, 1.82) is 0 Å². The fourth-order valence-electron chi connectivity index (χ4n) is 4.01. The standard InChI is InChI=1S/C17H28N2O2/c1-16(2)9-6-13(7-10-16)19-11-8-14(20)18-17(3,15(19)21)12-4-5-12/h12-13H,4-11H2,1-3H3,(H,18,20). The van der Waals surface area contributed by atoms with Crippen molar-refractivity contribution in [2.24, 2.45) is 11.3 Å². The number of carbonyl (C=O) groups excluding carboxylic acids is 2. The summed E-state index contributed by atoms with van der Waals surface area (Å²) < 4.78 is 0. The lowest BCUT2D eigenvalue weighted by atomic mass is 9.75. The molecule has 1 heterocycles. The topological polar surface area (TPSA) is 49.4 Å². The predicted molar refractivity (Wildman–Crippen MR) is 81.6 cm³/mol. The Labute approximate surface area is 127 Å². The molecule has 0 aromatic rings. The van der Waals surface area contributed by atoms with Gasteiger partial charge >= 0.3 is 0 Å².